The van der Waals surface area contributed by atoms with Crippen LogP contribution in [0.3, 0.4) is 0 Å². The number of nitrogen functional groups attached to an aromatic ring is 1. The molecular formula is C17H17Cl2N3O3. The molecule has 0 saturated heterocycles. The molecule has 8 heteroatoms. The molecule has 0 heterocycles. The molecule has 0 bridgehead atoms. The number of benzene rings is 2. The summed E-state index contributed by atoms with van der Waals surface area (Å²) in [6.45, 7) is 2.22. The van der Waals surface area contributed by atoms with Gasteiger partial charge in [0.15, 0.2) is 0 Å². The fourth-order valence-electron chi connectivity index (χ4n) is 1.99. The second-order valence-electron chi connectivity index (χ2n) is 5.04. The number of halogens is 2. The molecule has 132 valence electrons. The lowest BCUT2D eigenvalue weighted by Crippen LogP contribution is -2.32. The molecule has 0 unspecified atom stereocenters. The maximum atomic E-state index is 12.0. The van der Waals surface area contributed by atoms with Gasteiger partial charge in [-0.05, 0) is 43.3 Å². The van der Waals surface area contributed by atoms with E-state index in [4.69, 9.17) is 33.7 Å². The van der Waals surface area contributed by atoms with Crippen molar-refractivity contribution in [1.82, 2.24) is 5.32 Å². The van der Waals surface area contributed by atoms with Gasteiger partial charge < -0.3 is 21.1 Å². The molecule has 25 heavy (non-hydrogen) atoms. The van der Waals surface area contributed by atoms with Crippen LogP contribution >= 0.6 is 23.2 Å². The fraction of sp³-hybridized carbons (Fsp3) is 0.176. The number of hydrogen-bond donors (Lipinski definition) is 3. The summed E-state index contributed by atoms with van der Waals surface area (Å²) in [6.07, 6.45) is 0. The molecule has 0 atom stereocenters. The van der Waals surface area contributed by atoms with Gasteiger partial charge in [-0.15, -0.1) is 0 Å². The van der Waals surface area contributed by atoms with Gasteiger partial charge in [0.1, 0.15) is 5.75 Å². The van der Waals surface area contributed by atoms with Gasteiger partial charge in [0, 0.05) is 11.3 Å². The first kappa shape index (κ1) is 18.9. The molecule has 6 nitrogen and oxygen atoms in total. The highest BCUT2D eigenvalue weighted by Gasteiger charge is 2.10. The van der Waals surface area contributed by atoms with E-state index in [-0.39, 0.29) is 28.2 Å². The van der Waals surface area contributed by atoms with E-state index in [0.717, 1.165) is 0 Å². The Morgan fingerprint density at radius 2 is 1.72 bits per heavy atom. The Bertz CT molecular complexity index is 756. The Balaban J connectivity index is 1.90. The number of nitrogens with two attached hydrogens (primary N) is 1. The van der Waals surface area contributed by atoms with Gasteiger partial charge >= 0.3 is 0 Å². The molecule has 0 spiro atoms. The zero-order valence-corrected chi connectivity index (χ0v) is 14.9. The molecule has 0 aliphatic rings. The van der Waals surface area contributed by atoms with Gasteiger partial charge in [-0.2, -0.15) is 0 Å². The predicted molar refractivity (Wildman–Crippen MR) is 99.4 cm³/mol. The third-order valence-corrected chi connectivity index (χ3v) is 3.83. The first-order valence-electron chi connectivity index (χ1n) is 7.46. The highest BCUT2D eigenvalue weighted by Crippen LogP contribution is 2.30. The second-order valence-corrected chi connectivity index (χ2v) is 5.86. The zero-order valence-electron chi connectivity index (χ0n) is 13.4. The van der Waals surface area contributed by atoms with Gasteiger partial charge in [-0.3, -0.25) is 9.59 Å². The molecular weight excluding hydrogens is 365 g/mol. The zero-order chi connectivity index (χ0) is 18.4. The molecule has 2 amide bonds. The lowest BCUT2D eigenvalue weighted by atomic mass is 10.2. The van der Waals surface area contributed by atoms with Crippen molar-refractivity contribution in [3.8, 4) is 5.75 Å². The van der Waals surface area contributed by atoms with Gasteiger partial charge in [0.05, 0.1) is 28.9 Å². The van der Waals surface area contributed by atoms with Crippen LogP contribution in [0.2, 0.25) is 10.0 Å². The lowest BCUT2D eigenvalue weighted by Gasteiger charge is -2.09. The van der Waals surface area contributed by atoms with Crippen LogP contribution in [0.5, 0.6) is 5.75 Å². The van der Waals surface area contributed by atoms with E-state index < -0.39 is 5.91 Å². The Kier molecular flexibility index (Phi) is 6.50. The number of rotatable bonds is 6. The Hall–Kier alpha value is -2.44. The topological polar surface area (TPSA) is 93.4 Å². The number of carbonyl (C=O) groups excluding carboxylic acids is 2. The summed E-state index contributed by atoms with van der Waals surface area (Å²) in [5.41, 5.74) is 6.69. The molecule has 0 aliphatic heterocycles. The van der Waals surface area contributed by atoms with E-state index in [9.17, 15) is 9.59 Å². The maximum absolute atomic E-state index is 12.0. The standard InChI is InChI=1S/C17H17Cl2N3O3/c1-2-25-12-5-3-10(4-6-12)17(24)21-9-15(23)22-11-7-13(18)16(20)14(19)8-11/h3-8H,2,9,20H2,1H3,(H,21,24)(H,22,23). The minimum atomic E-state index is -0.420. The molecule has 4 N–H and O–H groups in total. The summed E-state index contributed by atoms with van der Waals surface area (Å²) >= 11 is 11.8. The first-order valence-corrected chi connectivity index (χ1v) is 8.21. The summed E-state index contributed by atoms with van der Waals surface area (Å²) in [5, 5.41) is 5.59. The minimum absolute atomic E-state index is 0.203. The fourth-order valence-corrected chi connectivity index (χ4v) is 2.48. The van der Waals surface area contributed by atoms with E-state index in [1.165, 1.54) is 12.1 Å². The van der Waals surface area contributed by atoms with Crippen LogP contribution in [-0.2, 0) is 4.79 Å². The highest BCUT2D eigenvalue weighted by atomic mass is 35.5. The van der Waals surface area contributed by atoms with Crippen LogP contribution in [0.25, 0.3) is 0 Å². The molecule has 0 fully saturated rings. The largest absolute Gasteiger partial charge is 0.494 e. The highest BCUT2D eigenvalue weighted by molar-refractivity contribution is 6.39. The van der Waals surface area contributed by atoms with Crippen molar-refractivity contribution in [1.29, 1.82) is 0 Å². The van der Waals surface area contributed by atoms with Crippen molar-refractivity contribution >= 4 is 46.4 Å². The molecule has 0 aliphatic carbocycles. The summed E-state index contributed by atoms with van der Waals surface area (Å²) in [6, 6.07) is 9.59. The van der Waals surface area contributed by atoms with Gasteiger partial charge in [0.2, 0.25) is 5.91 Å². The number of hydrogen-bond acceptors (Lipinski definition) is 4. The smallest absolute Gasteiger partial charge is 0.251 e. The van der Waals surface area contributed by atoms with Crippen LogP contribution in [0.1, 0.15) is 17.3 Å². The Morgan fingerprint density at radius 1 is 1.12 bits per heavy atom. The van der Waals surface area contributed by atoms with E-state index in [1.54, 1.807) is 24.3 Å². The molecule has 0 aromatic heterocycles. The van der Waals surface area contributed by atoms with Crippen LogP contribution in [0.4, 0.5) is 11.4 Å². The number of anilines is 2. The third-order valence-electron chi connectivity index (χ3n) is 3.20. The summed E-state index contributed by atoms with van der Waals surface area (Å²) in [5.74, 6) is -0.114. The average Bonchev–Trinajstić information content (AvgIpc) is 2.58. The second kappa shape index (κ2) is 8.60. The van der Waals surface area contributed by atoms with Gasteiger partial charge in [-0.1, -0.05) is 23.2 Å². The average molecular weight is 382 g/mol. The number of nitrogens with one attached hydrogen (secondary N) is 2. The third kappa shape index (κ3) is 5.27. The molecule has 2 aromatic rings. The normalized spacial score (nSPS) is 10.2. The van der Waals surface area contributed by atoms with Crippen molar-refractivity contribution in [3.63, 3.8) is 0 Å². The van der Waals surface area contributed by atoms with E-state index in [0.29, 0.717) is 23.6 Å². The monoisotopic (exact) mass is 381 g/mol. The predicted octanol–water partition coefficient (Wildman–Crippen LogP) is 3.34. The minimum Gasteiger partial charge on any atom is -0.494 e. The van der Waals surface area contributed by atoms with E-state index in [2.05, 4.69) is 10.6 Å². The summed E-state index contributed by atoms with van der Waals surface area (Å²) in [7, 11) is 0. The van der Waals surface area contributed by atoms with Crippen molar-refractivity contribution in [2.75, 3.05) is 24.2 Å². The molecule has 2 aromatic carbocycles. The Labute approximate surface area is 155 Å². The van der Waals surface area contributed by atoms with Crippen molar-refractivity contribution in [2.45, 2.75) is 6.92 Å². The number of amides is 2. The van der Waals surface area contributed by atoms with Crippen LogP contribution in [0, 0.1) is 0 Å². The first-order chi connectivity index (χ1) is 11.9. The molecule has 2 rings (SSSR count). The van der Waals surface area contributed by atoms with Gasteiger partial charge in [0.25, 0.3) is 5.91 Å². The van der Waals surface area contributed by atoms with Gasteiger partial charge in [-0.25, -0.2) is 0 Å². The van der Waals surface area contributed by atoms with Crippen molar-refractivity contribution < 1.29 is 14.3 Å². The van der Waals surface area contributed by atoms with Crippen LogP contribution in [0.15, 0.2) is 36.4 Å². The molecule has 0 radical (unpaired) electrons. The summed E-state index contributed by atoms with van der Waals surface area (Å²) < 4.78 is 5.31. The van der Waals surface area contributed by atoms with Crippen molar-refractivity contribution in [3.05, 3.63) is 52.0 Å². The maximum Gasteiger partial charge on any atom is 0.251 e. The SMILES string of the molecule is CCOc1ccc(C(=O)NCC(=O)Nc2cc(Cl)c(N)c(Cl)c2)cc1. The van der Waals surface area contributed by atoms with Crippen LogP contribution < -0.4 is 21.1 Å². The molecule has 0 saturated carbocycles. The van der Waals surface area contributed by atoms with Crippen molar-refractivity contribution in [2.24, 2.45) is 0 Å². The van der Waals surface area contributed by atoms with E-state index >= 15 is 0 Å². The van der Waals surface area contributed by atoms with E-state index in [1.807, 2.05) is 6.92 Å². The van der Waals surface area contributed by atoms with Crippen LogP contribution in [-0.4, -0.2) is 25.0 Å². The number of carbonyl (C=O) groups is 2. The Morgan fingerprint density at radius 3 is 2.28 bits per heavy atom. The lowest BCUT2D eigenvalue weighted by molar-refractivity contribution is -0.115. The summed E-state index contributed by atoms with van der Waals surface area (Å²) in [4.78, 5) is 24.0. The number of ether oxygens (including phenoxy) is 1. The quantitative estimate of drug-likeness (QED) is 0.668.